The van der Waals surface area contributed by atoms with E-state index in [1.54, 1.807) is 24.5 Å². The molecule has 0 saturated heterocycles. The quantitative estimate of drug-likeness (QED) is 0.608. The Morgan fingerprint density at radius 3 is 2.58 bits per heavy atom. The van der Waals surface area contributed by atoms with Crippen molar-refractivity contribution in [1.82, 2.24) is 10.3 Å². The molecule has 6 nitrogen and oxygen atoms in total. The van der Waals surface area contributed by atoms with Crippen LogP contribution in [0.3, 0.4) is 0 Å². The molecule has 0 radical (unpaired) electrons. The lowest BCUT2D eigenvalue weighted by molar-refractivity contribution is 0.0951. The molecule has 0 saturated carbocycles. The van der Waals surface area contributed by atoms with Crippen molar-refractivity contribution in [3.05, 3.63) is 99.7 Å². The zero-order valence-corrected chi connectivity index (χ0v) is 16.7. The van der Waals surface area contributed by atoms with E-state index >= 15 is 0 Å². The van der Waals surface area contributed by atoms with Crippen molar-refractivity contribution in [3.63, 3.8) is 0 Å². The van der Waals surface area contributed by atoms with Gasteiger partial charge in [-0.1, -0.05) is 6.07 Å². The maximum atomic E-state index is 13.5. The summed E-state index contributed by atoms with van der Waals surface area (Å²) in [6.07, 6.45) is 4.46. The number of carbonyl (C=O) groups is 2. The van der Waals surface area contributed by atoms with Crippen LogP contribution in [0.4, 0.5) is 14.5 Å². The maximum Gasteiger partial charge on any atom is 0.251 e. The summed E-state index contributed by atoms with van der Waals surface area (Å²) in [6.45, 7) is 0.288. The lowest BCUT2D eigenvalue weighted by Gasteiger charge is -2.19. The second-order valence-corrected chi connectivity index (χ2v) is 7.86. The van der Waals surface area contributed by atoms with Gasteiger partial charge < -0.3 is 10.0 Å². The fourth-order valence-corrected chi connectivity index (χ4v) is 4.00. The molecule has 2 N–H and O–H groups in total. The summed E-state index contributed by atoms with van der Waals surface area (Å²) in [5.74, 6) is -3.06. The number of aromatic nitrogens is 1. The lowest BCUT2D eigenvalue weighted by Crippen LogP contribution is -2.25. The lowest BCUT2D eigenvalue weighted by atomic mass is 10.0. The molecule has 0 fully saturated rings. The first kappa shape index (κ1) is 20.5. The van der Waals surface area contributed by atoms with Crippen LogP contribution in [0.1, 0.15) is 31.8 Å². The Bertz CT molecular complexity index is 1250. The Balaban J connectivity index is 1.59. The van der Waals surface area contributed by atoms with Gasteiger partial charge >= 0.3 is 0 Å². The smallest absolute Gasteiger partial charge is 0.251 e. The van der Waals surface area contributed by atoms with Gasteiger partial charge in [-0.2, -0.15) is 0 Å². The molecule has 156 valence electrons. The molecule has 0 aliphatic carbocycles. The summed E-state index contributed by atoms with van der Waals surface area (Å²) < 4.78 is 41.8. The second kappa shape index (κ2) is 8.57. The van der Waals surface area contributed by atoms with Crippen LogP contribution in [0.15, 0.2) is 65.8 Å². The van der Waals surface area contributed by atoms with E-state index in [4.69, 9.17) is 0 Å². The van der Waals surface area contributed by atoms with Crippen LogP contribution in [-0.4, -0.2) is 20.9 Å². The number of carbonyl (C=O) groups excluding carboxylic acids is 2. The van der Waals surface area contributed by atoms with Crippen molar-refractivity contribution in [2.75, 3.05) is 4.72 Å². The van der Waals surface area contributed by atoms with E-state index in [1.165, 1.54) is 30.3 Å². The average Bonchev–Trinajstić information content (AvgIpc) is 2.78. The Labute approximate surface area is 178 Å². The Morgan fingerprint density at radius 2 is 1.84 bits per heavy atom. The highest BCUT2D eigenvalue weighted by atomic mass is 32.2. The monoisotopic (exact) mass is 439 g/mol. The second-order valence-electron chi connectivity index (χ2n) is 6.68. The third-order valence-corrected chi connectivity index (χ3v) is 5.70. The molecule has 1 aromatic heterocycles. The van der Waals surface area contributed by atoms with Crippen molar-refractivity contribution in [2.24, 2.45) is 0 Å². The van der Waals surface area contributed by atoms with Gasteiger partial charge in [0.05, 0.1) is 5.69 Å². The average molecular weight is 439 g/mol. The highest BCUT2D eigenvalue weighted by Gasteiger charge is 2.28. The number of nitrogens with zero attached hydrogens (tertiary/aromatic N) is 1. The van der Waals surface area contributed by atoms with Crippen molar-refractivity contribution >= 4 is 34.4 Å². The number of ketones is 1. The largest absolute Gasteiger partial charge is 0.348 e. The van der Waals surface area contributed by atoms with Gasteiger partial charge in [0, 0.05) is 30.1 Å². The van der Waals surface area contributed by atoms with Gasteiger partial charge in [-0.15, -0.1) is 0 Å². The van der Waals surface area contributed by atoms with Gasteiger partial charge in [0.25, 0.3) is 5.91 Å². The van der Waals surface area contributed by atoms with E-state index in [1.807, 2.05) is 0 Å². The summed E-state index contributed by atoms with van der Waals surface area (Å²) in [7, 11) is -1.89. The van der Waals surface area contributed by atoms with Crippen LogP contribution >= 0.6 is 0 Å². The van der Waals surface area contributed by atoms with Crippen LogP contribution < -0.4 is 10.0 Å². The zero-order valence-electron chi connectivity index (χ0n) is 15.9. The number of amides is 1. The summed E-state index contributed by atoms with van der Waals surface area (Å²) in [5, 5.41) is 2.76. The summed E-state index contributed by atoms with van der Waals surface area (Å²) in [4.78, 5) is 29.2. The van der Waals surface area contributed by atoms with Gasteiger partial charge in [-0.3, -0.25) is 14.6 Å². The Kier molecular flexibility index (Phi) is 5.68. The van der Waals surface area contributed by atoms with Crippen LogP contribution in [0.5, 0.6) is 0 Å². The van der Waals surface area contributed by atoms with E-state index in [-0.39, 0.29) is 34.0 Å². The minimum Gasteiger partial charge on any atom is -0.348 e. The van der Waals surface area contributed by atoms with Crippen LogP contribution in [-0.2, 0) is 17.5 Å². The predicted molar refractivity (Wildman–Crippen MR) is 112 cm³/mol. The highest BCUT2D eigenvalue weighted by molar-refractivity contribution is 7.91. The van der Waals surface area contributed by atoms with E-state index < -0.39 is 28.4 Å². The molecule has 1 amide bonds. The number of halogens is 2. The minimum atomic E-state index is -1.89. The van der Waals surface area contributed by atoms with Gasteiger partial charge in [0.1, 0.15) is 4.91 Å². The number of rotatable bonds is 4. The summed E-state index contributed by atoms with van der Waals surface area (Å²) in [6, 6.07) is 11.1. The molecular weight excluding hydrogens is 424 g/mol. The number of nitrogens with one attached hydrogen (secondary N) is 2. The fourth-order valence-electron chi connectivity index (χ4n) is 2.99. The van der Waals surface area contributed by atoms with Crippen LogP contribution in [0, 0.1) is 11.6 Å². The first-order valence-electron chi connectivity index (χ1n) is 9.13. The van der Waals surface area contributed by atoms with E-state index in [2.05, 4.69) is 15.0 Å². The molecule has 0 bridgehead atoms. The number of allylic oxidation sites excluding steroid dienone is 1. The predicted octanol–water partition coefficient (Wildman–Crippen LogP) is 3.60. The number of pyridine rings is 1. The normalized spacial score (nSPS) is 16.5. The van der Waals surface area contributed by atoms with Gasteiger partial charge in [-0.05, 0) is 59.7 Å². The van der Waals surface area contributed by atoms with Crippen LogP contribution in [0.2, 0.25) is 0 Å². The number of benzene rings is 2. The molecule has 2 aromatic carbocycles. The van der Waals surface area contributed by atoms with Crippen molar-refractivity contribution in [1.29, 1.82) is 0 Å². The number of fused-ring (bicyclic) bond motifs is 1. The number of hydrogen-bond acceptors (Lipinski definition) is 4. The number of hydrogen-bond donors (Lipinski definition) is 2. The summed E-state index contributed by atoms with van der Waals surface area (Å²) >= 11 is 0. The fraction of sp³-hybridized carbons (Fsp3) is 0.0455. The Hall–Kier alpha value is -3.72. The first-order valence-corrected chi connectivity index (χ1v) is 10.3. The molecule has 31 heavy (non-hydrogen) atoms. The first-order chi connectivity index (χ1) is 14.9. The van der Waals surface area contributed by atoms with Crippen molar-refractivity contribution < 1.29 is 22.6 Å². The SMILES string of the molecule is O=C(NCc1ccncc1)c1ccc2c(c1)C(=O)/C(=C/c1ccc(F)c(F)c1)S(=O)N2. The standard InChI is InChI=1S/C22H15F2N3O3S/c23-17-3-1-14(9-18(17)24)10-20-21(28)16-11-15(2-4-19(16)27-31(20)30)22(29)26-12-13-5-7-25-8-6-13/h1-11,27H,12H2,(H,26,29)/b20-10-. The summed E-state index contributed by atoms with van der Waals surface area (Å²) in [5.41, 5.74) is 1.78. The van der Waals surface area contributed by atoms with E-state index in [9.17, 15) is 22.6 Å². The molecule has 4 rings (SSSR count). The molecule has 1 atom stereocenters. The molecule has 9 heteroatoms. The molecule has 1 unspecified atom stereocenters. The van der Waals surface area contributed by atoms with Crippen molar-refractivity contribution in [3.8, 4) is 0 Å². The van der Waals surface area contributed by atoms with Gasteiger partial charge in [-0.25, -0.2) is 13.0 Å². The van der Waals surface area contributed by atoms with Crippen molar-refractivity contribution in [2.45, 2.75) is 6.54 Å². The zero-order chi connectivity index (χ0) is 22.0. The molecule has 0 spiro atoms. The van der Waals surface area contributed by atoms with E-state index in [0.717, 1.165) is 17.7 Å². The van der Waals surface area contributed by atoms with Gasteiger partial charge in [0.15, 0.2) is 22.6 Å². The number of anilines is 1. The topological polar surface area (TPSA) is 88.2 Å². The molecule has 1 aliphatic heterocycles. The Morgan fingerprint density at radius 1 is 1.06 bits per heavy atom. The minimum absolute atomic E-state index is 0.132. The highest BCUT2D eigenvalue weighted by Crippen LogP contribution is 2.29. The third kappa shape index (κ3) is 4.41. The molecule has 2 heterocycles. The molecule has 1 aliphatic rings. The maximum absolute atomic E-state index is 13.5. The van der Waals surface area contributed by atoms with E-state index in [0.29, 0.717) is 5.69 Å². The van der Waals surface area contributed by atoms with Gasteiger partial charge in [0.2, 0.25) is 5.78 Å². The van der Waals surface area contributed by atoms with Crippen LogP contribution in [0.25, 0.3) is 6.08 Å². The molecule has 3 aromatic rings. The number of Topliss-reactive ketones (excluding diaryl/α,β-unsaturated/α-hetero) is 1. The third-order valence-electron chi connectivity index (χ3n) is 4.60. The molecular formula is C22H15F2N3O3S.